The molecular formula is C5H13B3O3. The van der Waals surface area contributed by atoms with Gasteiger partial charge in [0.15, 0.2) is 0 Å². The molecule has 0 radical (unpaired) electrons. The van der Waals surface area contributed by atoms with Crippen molar-refractivity contribution in [1.82, 2.24) is 0 Å². The summed E-state index contributed by atoms with van der Waals surface area (Å²) in [6, 6.07) is 0. The minimum Gasteiger partial charge on any atom is -0.456 e. The fourth-order valence-corrected chi connectivity index (χ4v) is 0.904. The van der Waals surface area contributed by atoms with E-state index < -0.39 is 0 Å². The van der Waals surface area contributed by atoms with E-state index >= 15 is 0 Å². The highest BCUT2D eigenvalue weighted by atomic mass is 16.7. The zero-order valence-corrected chi connectivity index (χ0v) is 7.59. The predicted octanol–water partition coefficient (Wildman–Crippen LogP) is 0.723. The van der Waals surface area contributed by atoms with Crippen molar-refractivity contribution >= 4 is 21.9 Å². The van der Waals surface area contributed by atoms with Gasteiger partial charge in [-0.05, 0) is 12.1 Å². The van der Waals surface area contributed by atoms with Crippen molar-refractivity contribution in [3.8, 4) is 0 Å². The first-order chi connectivity index (χ1) is 5.00. The van der Waals surface area contributed by atoms with Crippen LogP contribution in [0.5, 0.6) is 0 Å². The van der Waals surface area contributed by atoms with Crippen LogP contribution in [0.15, 0.2) is 0 Å². The molecule has 11 heavy (non-hydrogen) atoms. The van der Waals surface area contributed by atoms with E-state index in [1.54, 1.807) is 0 Å². The van der Waals surface area contributed by atoms with Crippen molar-refractivity contribution in [1.29, 1.82) is 0 Å². The molecule has 0 saturated carbocycles. The third-order valence-electron chi connectivity index (χ3n) is 1.54. The molecule has 0 amide bonds. The van der Waals surface area contributed by atoms with Gasteiger partial charge in [0.1, 0.15) is 0 Å². The molecule has 0 aromatic rings. The molecule has 1 aliphatic rings. The van der Waals surface area contributed by atoms with Crippen molar-refractivity contribution in [3.05, 3.63) is 0 Å². The van der Waals surface area contributed by atoms with E-state index in [9.17, 15) is 0 Å². The summed E-state index contributed by atoms with van der Waals surface area (Å²) in [6.07, 6.45) is 0. The Hall–Kier alpha value is 0.0748. The summed E-state index contributed by atoms with van der Waals surface area (Å²) in [5, 5.41) is 0.0258. The number of hydrogen-bond donors (Lipinski definition) is 0. The van der Waals surface area contributed by atoms with Gasteiger partial charge < -0.3 is 13.7 Å². The molecule has 6 heteroatoms. The summed E-state index contributed by atoms with van der Waals surface area (Å²) in [6.45, 7) is 8.11. The van der Waals surface area contributed by atoms with Gasteiger partial charge in [0, 0.05) is 0 Å². The van der Waals surface area contributed by atoms with Gasteiger partial charge >= 0.3 is 21.9 Å². The lowest BCUT2D eigenvalue weighted by molar-refractivity contribution is 0.283. The van der Waals surface area contributed by atoms with Gasteiger partial charge in [0.25, 0.3) is 0 Å². The highest BCUT2D eigenvalue weighted by Crippen LogP contribution is 2.29. The Balaban J connectivity index is 2.46. The molecule has 0 aromatic heterocycles. The summed E-state index contributed by atoms with van der Waals surface area (Å²) in [5.41, 5.74) is 0. The van der Waals surface area contributed by atoms with E-state index in [4.69, 9.17) is 13.7 Å². The van der Waals surface area contributed by atoms with Gasteiger partial charge in [-0.1, -0.05) is 20.8 Å². The van der Waals surface area contributed by atoms with Crippen LogP contribution in [0.2, 0.25) is 12.1 Å². The lowest BCUT2D eigenvalue weighted by Crippen LogP contribution is -2.45. The van der Waals surface area contributed by atoms with Crippen molar-refractivity contribution in [2.24, 2.45) is 0 Å². The molecule has 60 valence electrons. The second-order valence-corrected chi connectivity index (χ2v) is 3.85. The Morgan fingerprint density at radius 1 is 1.18 bits per heavy atom. The highest BCUT2D eigenvalue weighted by Gasteiger charge is 2.39. The van der Waals surface area contributed by atoms with E-state index in [0.29, 0.717) is 7.69 Å². The van der Waals surface area contributed by atoms with Gasteiger partial charge in [0.2, 0.25) is 0 Å². The Morgan fingerprint density at radius 3 is 2.18 bits per heavy atom. The Kier molecular flexibility index (Phi) is 2.68. The third kappa shape index (κ3) is 2.54. The average molecular weight is 154 g/mol. The molecule has 0 unspecified atom stereocenters. The smallest absolute Gasteiger partial charge is 0.435 e. The molecule has 1 fully saturated rings. The van der Waals surface area contributed by atoms with Gasteiger partial charge in [-0.25, -0.2) is 0 Å². The lowest BCUT2D eigenvalue weighted by Gasteiger charge is -2.31. The molecule has 1 heterocycles. The zero-order valence-electron chi connectivity index (χ0n) is 7.59. The minimum atomic E-state index is -0.147. The van der Waals surface area contributed by atoms with Crippen LogP contribution in [0.3, 0.4) is 0 Å². The molecule has 0 bridgehead atoms. The monoisotopic (exact) mass is 154 g/mol. The molecule has 0 aromatic carbocycles. The number of hydrogen-bond acceptors (Lipinski definition) is 3. The van der Waals surface area contributed by atoms with Gasteiger partial charge in [-0.2, -0.15) is 0 Å². The Labute approximate surface area is 69.4 Å². The van der Waals surface area contributed by atoms with Crippen LogP contribution < -0.4 is 0 Å². The van der Waals surface area contributed by atoms with Crippen LogP contribution in [-0.4, -0.2) is 21.9 Å². The van der Waals surface area contributed by atoms with Crippen molar-refractivity contribution < 1.29 is 13.7 Å². The van der Waals surface area contributed by atoms with E-state index in [0.717, 1.165) is 0 Å². The molecular weight excluding hydrogens is 140 g/mol. The van der Waals surface area contributed by atoms with Crippen LogP contribution in [0.1, 0.15) is 20.8 Å². The molecule has 1 aliphatic heterocycles. The van der Waals surface area contributed by atoms with Gasteiger partial charge in [0.05, 0.1) is 0 Å². The molecule has 1 rings (SSSR count). The molecule has 0 atom stereocenters. The normalized spacial score (nSPS) is 20.0. The van der Waals surface area contributed by atoms with E-state index in [1.807, 2.05) is 6.82 Å². The molecule has 1 saturated heterocycles. The van der Waals surface area contributed by atoms with Crippen molar-refractivity contribution in [2.75, 3.05) is 0 Å². The Morgan fingerprint density at radius 2 is 1.82 bits per heavy atom. The van der Waals surface area contributed by atoms with E-state index in [-0.39, 0.29) is 19.6 Å². The maximum absolute atomic E-state index is 5.41. The van der Waals surface area contributed by atoms with Crippen LogP contribution in [0.4, 0.5) is 0 Å². The lowest BCUT2D eigenvalue weighted by atomic mass is 9.58. The summed E-state index contributed by atoms with van der Waals surface area (Å²) in [5.74, 6) is 0. The van der Waals surface area contributed by atoms with Gasteiger partial charge in [-0.15, -0.1) is 0 Å². The third-order valence-corrected chi connectivity index (χ3v) is 1.54. The first-order valence-electron chi connectivity index (χ1n) is 3.89. The fourth-order valence-electron chi connectivity index (χ4n) is 0.904. The summed E-state index contributed by atoms with van der Waals surface area (Å²) in [4.78, 5) is 0. The number of rotatable bonds is 0. The quantitative estimate of drug-likeness (QED) is 0.480. The molecule has 0 N–H and O–H groups in total. The average Bonchev–Trinajstić information content (AvgIpc) is 1.86. The first-order valence-corrected chi connectivity index (χ1v) is 3.89. The molecule has 0 spiro atoms. The molecule has 3 nitrogen and oxygen atoms in total. The summed E-state index contributed by atoms with van der Waals surface area (Å²) >= 11 is 0. The highest BCUT2D eigenvalue weighted by molar-refractivity contribution is 6.69. The van der Waals surface area contributed by atoms with Crippen molar-refractivity contribution in [3.63, 3.8) is 0 Å². The zero-order chi connectivity index (χ0) is 8.48. The maximum Gasteiger partial charge on any atom is 0.435 e. The second kappa shape index (κ2) is 3.21. The largest absolute Gasteiger partial charge is 0.456 e. The second-order valence-electron chi connectivity index (χ2n) is 3.85. The van der Waals surface area contributed by atoms with Crippen molar-refractivity contribution in [2.45, 2.75) is 32.9 Å². The standard InChI is InChI=1S/C5H13B3O3/c1-5(2,3)8-10-6-9-7(4)11-8/h6H,1-4H3. The topological polar surface area (TPSA) is 27.7 Å². The summed E-state index contributed by atoms with van der Waals surface area (Å²) in [7, 11) is 0.0440. The van der Waals surface area contributed by atoms with Crippen LogP contribution in [0.25, 0.3) is 0 Å². The van der Waals surface area contributed by atoms with Crippen LogP contribution in [-0.2, 0) is 13.7 Å². The molecule has 0 aliphatic carbocycles. The van der Waals surface area contributed by atoms with Gasteiger partial charge in [-0.3, -0.25) is 0 Å². The van der Waals surface area contributed by atoms with Crippen LogP contribution >= 0.6 is 0 Å². The SMILES string of the molecule is CB1OBOB(C(C)(C)C)O1. The van der Waals surface area contributed by atoms with E-state index in [2.05, 4.69) is 20.8 Å². The maximum atomic E-state index is 5.41. The first kappa shape index (κ1) is 9.17. The predicted molar refractivity (Wildman–Crippen MR) is 47.5 cm³/mol. The fraction of sp³-hybridized carbons (Fsp3) is 1.00. The summed E-state index contributed by atoms with van der Waals surface area (Å²) < 4.78 is 15.7. The Bertz CT molecular complexity index is 135. The van der Waals surface area contributed by atoms with E-state index in [1.165, 1.54) is 0 Å². The minimum absolute atomic E-state index is 0.0258. The van der Waals surface area contributed by atoms with Crippen LogP contribution in [0, 0.1) is 0 Å².